The predicted octanol–water partition coefficient (Wildman–Crippen LogP) is 3.53. The molecular weight excluding hydrogens is 541 g/mol. The van der Waals surface area contributed by atoms with Crippen LogP contribution in [0.15, 0.2) is 35.1 Å². The first-order chi connectivity index (χ1) is 19.3. The number of amides is 1. The maximum Gasteiger partial charge on any atom is 0.418 e. The molecule has 3 aromatic rings. The Hall–Kier alpha value is -3.35. The largest absolute Gasteiger partial charge is 0.492 e. The van der Waals surface area contributed by atoms with Crippen LogP contribution >= 0.6 is 0 Å². The van der Waals surface area contributed by atoms with Crippen LogP contribution in [0.1, 0.15) is 55.3 Å². The molecule has 6 rings (SSSR count). The van der Waals surface area contributed by atoms with E-state index < -0.39 is 41.2 Å². The van der Waals surface area contributed by atoms with Crippen molar-refractivity contribution in [3.05, 3.63) is 57.5 Å². The zero-order valence-electron chi connectivity index (χ0n) is 22.9. The quantitative estimate of drug-likeness (QED) is 0.416. The summed E-state index contributed by atoms with van der Waals surface area (Å²) in [4.78, 5) is 28.1. The molecule has 220 valence electrons. The highest BCUT2D eigenvalue weighted by atomic mass is 19.4. The minimum absolute atomic E-state index is 0.00867. The lowest BCUT2D eigenvalue weighted by Crippen LogP contribution is -2.47. The fourth-order valence-corrected chi connectivity index (χ4v) is 6.77. The van der Waals surface area contributed by atoms with Gasteiger partial charge in [0.1, 0.15) is 19.1 Å². The van der Waals surface area contributed by atoms with Crippen molar-refractivity contribution in [2.24, 2.45) is 0 Å². The van der Waals surface area contributed by atoms with Gasteiger partial charge in [0.15, 0.2) is 0 Å². The average molecular weight is 575 g/mol. The maximum absolute atomic E-state index is 14.2. The molecule has 1 saturated carbocycles. The van der Waals surface area contributed by atoms with Crippen molar-refractivity contribution < 1.29 is 32.9 Å². The summed E-state index contributed by atoms with van der Waals surface area (Å²) in [6.45, 7) is 4.59. The number of benzene rings is 2. The van der Waals surface area contributed by atoms with Crippen molar-refractivity contribution in [3.63, 3.8) is 0 Å². The predicted molar refractivity (Wildman–Crippen MR) is 145 cm³/mol. The van der Waals surface area contributed by atoms with Crippen molar-refractivity contribution in [2.75, 3.05) is 31.6 Å². The number of carbonyl (C=O) groups excluding carboxylic acids is 1. The summed E-state index contributed by atoms with van der Waals surface area (Å²) < 4.78 is 50.4. The number of ether oxygens (including phenoxy) is 1. The molecule has 2 aliphatic heterocycles. The number of halogens is 3. The Balaban J connectivity index is 1.19. The molecule has 1 amide bonds. The normalized spacial score (nSPS) is 24.0. The molecule has 1 saturated heterocycles. The lowest BCUT2D eigenvalue weighted by atomic mass is 9.73. The molecule has 2 aromatic carbocycles. The summed E-state index contributed by atoms with van der Waals surface area (Å²) in [5, 5.41) is 23.0. The van der Waals surface area contributed by atoms with E-state index in [0.717, 1.165) is 32.0 Å². The molecule has 0 radical (unpaired) electrons. The SMILES string of the molecule is Cc1ccc2c(c1)C1(CCN(CCOc3cc(C(F)(F)F)c4c(c3)n(CO)c(=O)n4C3CC(C)(O)C3)CC1)C(=O)N2. The Bertz CT molecular complexity index is 1580. The van der Waals surface area contributed by atoms with Gasteiger partial charge in [-0.1, -0.05) is 17.7 Å². The van der Waals surface area contributed by atoms with Gasteiger partial charge in [-0.25, -0.2) is 4.79 Å². The lowest BCUT2D eigenvalue weighted by molar-refractivity contribution is -0.136. The summed E-state index contributed by atoms with van der Waals surface area (Å²) in [5.41, 5.74) is -0.844. The number of nitrogens with one attached hydrogen (secondary N) is 1. The second-order valence-electron chi connectivity index (χ2n) is 11.9. The number of aliphatic hydroxyl groups is 2. The summed E-state index contributed by atoms with van der Waals surface area (Å²) in [5.74, 6) is -0.0489. The summed E-state index contributed by atoms with van der Waals surface area (Å²) in [6.07, 6.45) is -3.25. The fourth-order valence-electron chi connectivity index (χ4n) is 6.77. The van der Waals surface area contributed by atoms with Crippen molar-refractivity contribution in [1.29, 1.82) is 0 Å². The van der Waals surface area contributed by atoms with E-state index in [2.05, 4.69) is 16.3 Å². The highest BCUT2D eigenvalue weighted by Gasteiger charge is 2.48. The molecule has 1 aromatic heterocycles. The number of hydrogen-bond acceptors (Lipinski definition) is 6. The van der Waals surface area contributed by atoms with Gasteiger partial charge >= 0.3 is 11.9 Å². The molecular formula is C29H33F3N4O5. The Morgan fingerprint density at radius 1 is 1.12 bits per heavy atom. The number of alkyl halides is 3. The molecule has 0 unspecified atom stereocenters. The van der Waals surface area contributed by atoms with Gasteiger partial charge in [-0.3, -0.25) is 18.8 Å². The molecule has 12 heteroatoms. The number of aliphatic hydroxyl groups excluding tert-OH is 1. The fraction of sp³-hybridized carbons (Fsp3) is 0.517. The smallest absolute Gasteiger partial charge is 0.418 e. The third kappa shape index (κ3) is 4.61. The monoisotopic (exact) mass is 574 g/mol. The number of aromatic nitrogens is 2. The van der Waals surface area contributed by atoms with E-state index in [-0.39, 0.29) is 42.1 Å². The molecule has 1 aliphatic carbocycles. The number of anilines is 1. The van der Waals surface area contributed by atoms with E-state index in [0.29, 0.717) is 32.5 Å². The van der Waals surface area contributed by atoms with Crippen molar-refractivity contribution in [2.45, 2.75) is 69.5 Å². The lowest BCUT2D eigenvalue weighted by Gasteiger charge is -2.41. The van der Waals surface area contributed by atoms with Gasteiger partial charge < -0.3 is 20.3 Å². The van der Waals surface area contributed by atoms with Crippen LogP contribution in [-0.2, 0) is 23.1 Å². The van der Waals surface area contributed by atoms with Gasteiger partial charge in [0, 0.05) is 24.3 Å². The van der Waals surface area contributed by atoms with Crippen LogP contribution in [-0.4, -0.2) is 62.0 Å². The number of rotatable bonds is 6. The van der Waals surface area contributed by atoms with Crippen LogP contribution in [0.2, 0.25) is 0 Å². The van der Waals surface area contributed by atoms with Gasteiger partial charge in [-0.15, -0.1) is 0 Å². The summed E-state index contributed by atoms with van der Waals surface area (Å²) in [7, 11) is 0. The van der Waals surface area contributed by atoms with E-state index >= 15 is 0 Å². The number of imidazole rings is 1. The number of hydrogen-bond donors (Lipinski definition) is 3. The molecule has 9 nitrogen and oxygen atoms in total. The molecule has 0 atom stereocenters. The van der Waals surface area contributed by atoms with E-state index in [1.54, 1.807) is 6.92 Å². The molecule has 2 fully saturated rings. The Labute approximate surface area is 234 Å². The molecule has 0 bridgehead atoms. The van der Waals surface area contributed by atoms with E-state index in [4.69, 9.17) is 4.74 Å². The second-order valence-corrected chi connectivity index (χ2v) is 11.9. The van der Waals surface area contributed by atoms with Crippen molar-refractivity contribution in [1.82, 2.24) is 14.0 Å². The van der Waals surface area contributed by atoms with Crippen LogP contribution in [0.5, 0.6) is 5.75 Å². The molecule has 3 N–H and O–H groups in total. The Morgan fingerprint density at radius 3 is 2.46 bits per heavy atom. The zero-order chi connectivity index (χ0) is 29.3. The van der Waals surface area contributed by atoms with Gasteiger partial charge in [0.05, 0.1) is 27.6 Å². The maximum atomic E-state index is 14.2. The second kappa shape index (κ2) is 9.60. The molecule has 3 aliphatic rings. The third-order valence-electron chi connectivity index (χ3n) is 8.95. The van der Waals surface area contributed by atoms with Crippen molar-refractivity contribution in [3.8, 4) is 5.75 Å². The van der Waals surface area contributed by atoms with Crippen LogP contribution < -0.4 is 15.7 Å². The first kappa shape index (κ1) is 27.8. The van der Waals surface area contributed by atoms with E-state index in [1.807, 2.05) is 19.1 Å². The number of aryl methyl sites for hydroxylation is 1. The third-order valence-corrected chi connectivity index (χ3v) is 8.95. The number of nitrogens with zero attached hydrogens (tertiary/aromatic N) is 3. The van der Waals surface area contributed by atoms with E-state index in [9.17, 15) is 33.0 Å². The number of carbonyl (C=O) groups is 1. The van der Waals surface area contributed by atoms with Crippen molar-refractivity contribution >= 4 is 22.6 Å². The summed E-state index contributed by atoms with van der Waals surface area (Å²) in [6, 6.07) is 7.60. The van der Waals surface area contributed by atoms with Crippen LogP contribution in [0, 0.1) is 6.92 Å². The number of piperidine rings is 1. The van der Waals surface area contributed by atoms with Gasteiger partial charge in [-0.2, -0.15) is 13.2 Å². The van der Waals surface area contributed by atoms with Crippen LogP contribution in [0.4, 0.5) is 18.9 Å². The van der Waals surface area contributed by atoms with E-state index in [1.165, 1.54) is 6.07 Å². The first-order valence-electron chi connectivity index (χ1n) is 13.8. The average Bonchev–Trinajstić information content (AvgIpc) is 3.32. The highest BCUT2D eigenvalue weighted by molar-refractivity contribution is 6.06. The minimum Gasteiger partial charge on any atom is -0.492 e. The highest BCUT2D eigenvalue weighted by Crippen LogP contribution is 2.46. The van der Waals surface area contributed by atoms with Gasteiger partial charge in [-0.05, 0) is 70.3 Å². The summed E-state index contributed by atoms with van der Waals surface area (Å²) >= 11 is 0. The molecule has 1 spiro atoms. The first-order valence-corrected chi connectivity index (χ1v) is 13.8. The molecule has 3 heterocycles. The molecule has 41 heavy (non-hydrogen) atoms. The number of fused-ring (bicyclic) bond motifs is 3. The minimum atomic E-state index is -4.78. The Kier molecular flexibility index (Phi) is 6.51. The van der Waals surface area contributed by atoms with Gasteiger partial charge in [0.2, 0.25) is 5.91 Å². The van der Waals surface area contributed by atoms with Gasteiger partial charge in [0.25, 0.3) is 0 Å². The number of likely N-dealkylation sites (tertiary alicyclic amines) is 1. The topological polar surface area (TPSA) is 109 Å². The van der Waals surface area contributed by atoms with Crippen LogP contribution in [0.25, 0.3) is 11.0 Å². The Morgan fingerprint density at radius 2 is 1.83 bits per heavy atom. The zero-order valence-corrected chi connectivity index (χ0v) is 22.9. The van der Waals surface area contributed by atoms with Crippen LogP contribution in [0.3, 0.4) is 0 Å². The standard InChI is InChI=1S/C29H33F3N4O5/c1-17-3-4-22-20(11-17)28(25(38)33-22)5-7-34(8-6-28)9-10-41-19-12-21(29(30,31)32)24-23(13-19)35(16-37)26(39)36(24)18-14-27(2,40)15-18/h3-4,11-13,18,37,40H,5-10,14-16H2,1-2H3,(H,33,38).